The average molecular weight is 199 g/mol. The minimum absolute atomic E-state index is 0.0754. The first-order valence-electron chi connectivity index (χ1n) is 4.64. The van der Waals surface area contributed by atoms with Gasteiger partial charge in [-0.05, 0) is 19.1 Å². The summed E-state index contributed by atoms with van der Waals surface area (Å²) in [6.07, 6.45) is 0.0754. The molecule has 80 valence electrons. The summed E-state index contributed by atoms with van der Waals surface area (Å²) in [4.78, 5) is 0. The van der Waals surface area contributed by atoms with E-state index in [9.17, 15) is 0 Å². The molecule has 0 radical (unpaired) electrons. The van der Waals surface area contributed by atoms with Crippen LogP contribution in [0.25, 0.3) is 0 Å². The molecule has 0 spiro atoms. The molecule has 0 aromatic carbocycles. The van der Waals surface area contributed by atoms with Crippen LogP contribution in [0.15, 0.2) is 16.5 Å². The van der Waals surface area contributed by atoms with Crippen molar-refractivity contribution in [1.82, 2.24) is 0 Å². The Balaban J connectivity index is 2.30. The maximum Gasteiger partial charge on any atom is 0.129 e. The normalized spacial score (nSPS) is 13.1. The van der Waals surface area contributed by atoms with E-state index in [1.165, 1.54) is 0 Å². The van der Waals surface area contributed by atoms with E-state index in [0.717, 1.165) is 11.5 Å². The third-order valence-corrected chi connectivity index (χ3v) is 1.83. The Labute approximate surface area is 84.0 Å². The van der Waals surface area contributed by atoms with Crippen molar-refractivity contribution in [3.05, 3.63) is 23.7 Å². The zero-order valence-electron chi connectivity index (χ0n) is 8.66. The van der Waals surface area contributed by atoms with Gasteiger partial charge in [-0.25, -0.2) is 0 Å². The Morgan fingerprint density at radius 3 is 2.71 bits per heavy atom. The van der Waals surface area contributed by atoms with Crippen molar-refractivity contribution in [3.63, 3.8) is 0 Å². The lowest BCUT2D eigenvalue weighted by molar-refractivity contribution is -0.00662. The van der Waals surface area contributed by atoms with Crippen molar-refractivity contribution < 1.29 is 13.9 Å². The van der Waals surface area contributed by atoms with Crippen LogP contribution >= 0.6 is 0 Å². The SMILES string of the molecule is COCC(C)OCc1ccc(CN)o1. The molecule has 2 N–H and O–H groups in total. The lowest BCUT2D eigenvalue weighted by Crippen LogP contribution is -2.14. The van der Waals surface area contributed by atoms with Gasteiger partial charge < -0.3 is 19.6 Å². The molecule has 0 fully saturated rings. The first-order chi connectivity index (χ1) is 6.76. The van der Waals surface area contributed by atoms with Crippen LogP contribution < -0.4 is 5.73 Å². The lowest BCUT2D eigenvalue weighted by atomic mass is 10.4. The molecule has 1 atom stereocenters. The molecule has 0 aliphatic heterocycles. The minimum atomic E-state index is 0.0754. The van der Waals surface area contributed by atoms with Crippen LogP contribution in [0, 0.1) is 0 Å². The van der Waals surface area contributed by atoms with Gasteiger partial charge in [-0.1, -0.05) is 0 Å². The van der Waals surface area contributed by atoms with Crippen molar-refractivity contribution in [2.45, 2.75) is 26.2 Å². The third-order valence-electron chi connectivity index (χ3n) is 1.83. The minimum Gasteiger partial charge on any atom is -0.462 e. The predicted molar refractivity (Wildman–Crippen MR) is 52.7 cm³/mol. The van der Waals surface area contributed by atoms with Crippen molar-refractivity contribution in [2.24, 2.45) is 5.73 Å². The molecular weight excluding hydrogens is 182 g/mol. The maximum absolute atomic E-state index is 5.47. The largest absolute Gasteiger partial charge is 0.462 e. The summed E-state index contributed by atoms with van der Waals surface area (Å²) in [5.41, 5.74) is 5.41. The summed E-state index contributed by atoms with van der Waals surface area (Å²) in [6, 6.07) is 3.74. The molecule has 4 heteroatoms. The van der Waals surface area contributed by atoms with E-state index in [4.69, 9.17) is 19.6 Å². The first-order valence-corrected chi connectivity index (χ1v) is 4.64. The Bertz CT molecular complexity index is 260. The summed E-state index contributed by atoms with van der Waals surface area (Å²) in [5, 5.41) is 0. The van der Waals surface area contributed by atoms with Gasteiger partial charge in [0.1, 0.15) is 18.1 Å². The molecule has 0 aliphatic rings. The zero-order chi connectivity index (χ0) is 10.4. The molecular formula is C10H17NO3. The van der Waals surface area contributed by atoms with Gasteiger partial charge in [0, 0.05) is 7.11 Å². The zero-order valence-corrected chi connectivity index (χ0v) is 8.66. The second kappa shape index (κ2) is 5.80. The standard InChI is InChI=1S/C10H17NO3/c1-8(6-12-2)13-7-10-4-3-9(5-11)14-10/h3-4,8H,5-7,11H2,1-2H3. The summed E-state index contributed by atoms with van der Waals surface area (Å²) in [5.74, 6) is 1.58. The Morgan fingerprint density at radius 2 is 2.14 bits per heavy atom. The molecule has 14 heavy (non-hydrogen) atoms. The fourth-order valence-corrected chi connectivity index (χ4v) is 1.12. The highest BCUT2D eigenvalue weighted by atomic mass is 16.5. The number of ether oxygens (including phenoxy) is 2. The van der Waals surface area contributed by atoms with Gasteiger partial charge in [-0.2, -0.15) is 0 Å². The number of nitrogens with two attached hydrogens (primary N) is 1. The molecule has 0 saturated heterocycles. The van der Waals surface area contributed by atoms with Crippen LogP contribution in [0.4, 0.5) is 0 Å². The lowest BCUT2D eigenvalue weighted by Gasteiger charge is -2.10. The summed E-state index contributed by atoms with van der Waals surface area (Å²) in [7, 11) is 1.65. The summed E-state index contributed by atoms with van der Waals surface area (Å²) >= 11 is 0. The van der Waals surface area contributed by atoms with Crippen molar-refractivity contribution in [1.29, 1.82) is 0 Å². The van der Waals surface area contributed by atoms with Crippen LogP contribution in [0.1, 0.15) is 18.4 Å². The predicted octanol–water partition coefficient (Wildman–Crippen LogP) is 1.29. The molecule has 0 bridgehead atoms. The molecule has 4 nitrogen and oxygen atoms in total. The monoisotopic (exact) mass is 199 g/mol. The van der Waals surface area contributed by atoms with Gasteiger partial charge in [0.05, 0.1) is 19.3 Å². The molecule has 0 aliphatic carbocycles. The second-order valence-electron chi connectivity index (χ2n) is 3.15. The van der Waals surface area contributed by atoms with E-state index in [0.29, 0.717) is 19.8 Å². The molecule has 1 aromatic heterocycles. The van der Waals surface area contributed by atoms with Gasteiger partial charge in [-0.15, -0.1) is 0 Å². The maximum atomic E-state index is 5.47. The number of rotatable bonds is 6. The molecule has 1 heterocycles. The molecule has 1 aromatic rings. The Hall–Kier alpha value is -0.840. The Morgan fingerprint density at radius 1 is 1.43 bits per heavy atom. The van der Waals surface area contributed by atoms with Crippen LogP contribution in [-0.2, 0) is 22.6 Å². The van der Waals surface area contributed by atoms with Crippen LogP contribution in [0.2, 0.25) is 0 Å². The van der Waals surface area contributed by atoms with E-state index in [-0.39, 0.29) is 6.10 Å². The number of hydrogen-bond donors (Lipinski definition) is 1. The molecule has 0 amide bonds. The van der Waals surface area contributed by atoms with Gasteiger partial charge in [-0.3, -0.25) is 0 Å². The molecule has 1 unspecified atom stereocenters. The van der Waals surface area contributed by atoms with E-state index in [1.54, 1.807) is 7.11 Å². The van der Waals surface area contributed by atoms with E-state index in [1.807, 2.05) is 19.1 Å². The third kappa shape index (κ3) is 3.49. The second-order valence-corrected chi connectivity index (χ2v) is 3.15. The van der Waals surface area contributed by atoms with Crippen LogP contribution in [-0.4, -0.2) is 19.8 Å². The summed E-state index contributed by atoms with van der Waals surface area (Å²) < 4.78 is 15.8. The van der Waals surface area contributed by atoms with Crippen molar-refractivity contribution in [2.75, 3.05) is 13.7 Å². The average Bonchev–Trinajstić information content (AvgIpc) is 2.63. The quantitative estimate of drug-likeness (QED) is 0.750. The number of hydrogen-bond acceptors (Lipinski definition) is 4. The van der Waals surface area contributed by atoms with Crippen LogP contribution in [0.3, 0.4) is 0 Å². The van der Waals surface area contributed by atoms with Crippen molar-refractivity contribution >= 4 is 0 Å². The highest BCUT2D eigenvalue weighted by molar-refractivity contribution is 5.05. The fourth-order valence-electron chi connectivity index (χ4n) is 1.12. The topological polar surface area (TPSA) is 57.6 Å². The smallest absolute Gasteiger partial charge is 0.129 e. The molecule has 1 rings (SSSR count). The van der Waals surface area contributed by atoms with E-state index in [2.05, 4.69) is 0 Å². The van der Waals surface area contributed by atoms with Crippen LogP contribution in [0.5, 0.6) is 0 Å². The highest BCUT2D eigenvalue weighted by Crippen LogP contribution is 2.09. The number of methoxy groups -OCH3 is 1. The van der Waals surface area contributed by atoms with Gasteiger partial charge in [0.15, 0.2) is 0 Å². The van der Waals surface area contributed by atoms with E-state index >= 15 is 0 Å². The first kappa shape index (κ1) is 11.2. The number of furan rings is 1. The van der Waals surface area contributed by atoms with Gasteiger partial charge in [0.2, 0.25) is 0 Å². The fraction of sp³-hybridized carbons (Fsp3) is 0.600. The van der Waals surface area contributed by atoms with Gasteiger partial charge >= 0.3 is 0 Å². The van der Waals surface area contributed by atoms with E-state index < -0.39 is 0 Å². The highest BCUT2D eigenvalue weighted by Gasteiger charge is 2.04. The van der Waals surface area contributed by atoms with Crippen molar-refractivity contribution in [3.8, 4) is 0 Å². The summed E-state index contributed by atoms with van der Waals surface area (Å²) in [6.45, 7) is 3.43. The Kier molecular flexibility index (Phi) is 4.65. The molecule has 0 saturated carbocycles. The van der Waals surface area contributed by atoms with Gasteiger partial charge in [0.25, 0.3) is 0 Å².